The second-order valence-electron chi connectivity index (χ2n) is 15.1. The molecule has 0 N–H and O–H groups in total. The Labute approximate surface area is 335 Å². The molecule has 0 amide bonds. The van der Waals surface area contributed by atoms with E-state index in [2.05, 4.69) is 221 Å². The van der Waals surface area contributed by atoms with Gasteiger partial charge in [0.25, 0.3) is 0 Å². The Kier molecular flexibility index (Phi) is 7.23. The van der Waals surface area contributed by atoms with Crippen LogP contribution in [0.1, 0.15) is 0 Å². The van der Waals surface area contributed by atoms with Crippen molar-refractivity contribution in [1.29, 1.82) is 0 Å². The maximum Gasteiger partial charge on any atom is 0.145 e. The Bertz CT molecular complexity index is 3560. The van der Waals surface area contributed by atoms with Gasteiger partial charge in [0, 0.05) is 27.4 Å². The number of nitrogens with zero attached hydrogens (tertiary/aromatic N) is 3. The largest absolute Gasteiger partial charge is 0.309 e. The first kappa shape index (κ1) is 32.5. The fourth-order valence-corrected chi connectivity index (χ4v) is 9.39. The molecule has 0 saturated heterocycles. The average molecular weight is 738 g/mol. The lowest BCUT2D eigenvalue weighted by Gasteiger charge is -2.19. The molecular formula is C55H35N3. The van der Waals surface area contributed by atoms with Crippen LogP contribution in [-0.4, -0.2) is 14.1 Å². The first-order chi connectivity index (χ1) is 28.8. The van der Waals surface area contributed by atoms with Crippen molar-refractivity contribution in [3.63, 3.8) is 0 Å². The van der Waals surface area contributed by atoms with Crippen LogP contribution < -0.4 is 0 Å². The Morgan fingerprint density at radius 1 is 0.310 bits per heavy atom. The van der Waals surface area contributed by atoms with E-state index in [0.29, 0.717) is 0 Å². The highest BCUT2D eigenvalue weighted by Crippen LogP contribution is 2.45. The summed E-state index contributed by atoms with van der Waals surface area (Å²) in [6, 6.07) is 76.9. The number of rotatable bonds is 5. The van der Waals surface area contributed by atoms with Crippen molar-refractivity contribution in [3.8, 4) is 45.0 Å². The standard InChI is InChI=1S/C55H35N3/c1-3-17-36(18-4-1)41-28-16-32-51-53(41)46-27-11-13-30-49(46)58(51)52-35-39(34-47-44-25-8-7-23-42(44)43-24-9-10-26-45(43)54(47)52)37-19-15-20-38(33-37)55-56-48-29-12-14-31-50(48)57(55)40-21-5-2-6-22-40/h1-35H. The molecule has 3 nitrogen and oxygen atoms in total. The molecule has 0 aliphatic carbocycles. The molecule has 0 aliphatic heterocycles. The van der Waals surface area contributed by atoms with Crippen molar-refractivity contribution in [3.05, 3.63) is 212 Å². The van der Waals surface area contributed by atoms with Gasteiger partial charge in [0.15, 0.2) is 0 Å². The van der Waals surface area contributed by atoms with E-state index in [1.165, 1.54) is 65.3 Å². The molecule has 2 heterocycles. The number of fused-ring (bicyclic) bond motifs is 10. The lowest BCUT2D eigenvalue weighted by molar-refractivity contribution is 1.10. The Hall–Kier alpha value is -7.75. The van der Waals surface area contributed by atoms with Crippen LogP contribution in [-0.2, 0) is 0 Å². The SMILES string of the molecule is c1ccc(-c2cccc3c2c2ccccc2n3-c2cc(-c3cccc(-c4nc5ccccc5n4-c4ccccc4)c3)cc3c4ccccc4c4ccccc4c23)cc1. The third-order valence-electron chi connectivity index (χ3n) is 11.9. The summed E-state index contributed by atoms with van der Waals surface area (Å²) in [6.45, 7) is 0. The second-order valence-corrected chi connectivity index (χ2v) is 15.1. The maximum absolute atomic E-state index is 5.24. The number of benzene rings is 10. The predicted octanol–water partition coefficient (Wildman–Crippen LogP) is 14.6. The zero-order valence-corrected chi connectivity index (χ0v) is 31.5. The summed E-state index contributed by atoms with van der Waals surface area (Å²) in [5.74, 6) is 0.919. The van der Waals surface area contributed by atoms with Crippen molar-refractivity contribution < 1.29 is 0 Å². The molecule has 10 aromatic carbocycles. The van der Waals surface area contributed by atoms with Gasteiger partial charge in [0.2, 0.25) is 0 Å². The minimum atomic E-state index is 0.919. The molecule has 3 heteroatoms. The van der Waals surface area contributed by atoms with Gasteiger partial charge in [-0.1, -0.05) is 158 Å². The second kappa shape index (κ2) is 12.9. The van der Waals surface area contributed by atoms with Crippen LogP contribution in [0.2, 0.25) is 0 Å². The lowest BCUT2D eigenvalue weighted by Crippen LogP contribution is -1.99. The molecular weight excluding hydrogens is 703 g/mol. The third-order valence-corrected chi connectivity index (χ3v) is 11.9. The highest BCUT2D eigenvalue weighted by Gasteiger charge is 2.22. The quantitative estimate of drug-likeness (QED) is 0.161. The van der Waals surface area contributed by atoms with E-state index in [1.54, 1.807) is 0 Å². The number of para-hydroxylation sites is 4. The normalized spacial score (nSPS) is 11.8. The van der Waals surface area contributed by atoms with Crippen LogP contribution in [0, 0.1) is 0 Å². The zero-order valence-electron chi connectivity index (χ0n) is 31.5. The molecule has 0 fully saturated rings. The van der Waals surface area contributed by atoms with Crippen molar-refractivity contribution in [1.82, 2.24) is 14.1 Å². The summed E-state index contributed by atoms with van der Waals surface area (Å²) in [6.07, 6.45) is 0. The molecule has 58 heavy (non-hydrogen) atoms. The average Bonchev–Trinajstić information content (AvgIpc) is 3.86. The van der Waals surface area contributed by atoms with Gasteiger partial charge < -0.3 is 4.57 Å². The van der Waals surface area contributed by atoms with Gasteiger partial charge >= 0.3 is 0 Å². The minimum Gasteiger partial charge on any atom is -0.309 e. The molecule has 0 radical (unpaired) electrons. The molecule has 0 spiro atoms. The lowest BCUT2D eigenvalue weighted by atomic mass is 9.90. The molecule has 0 bridgehead atoms. The number of aromatic nitrogens is 3. The van der Waals surface area contributed by atoms with Gasteiger partial charge in [0.05, 0.1) is 27.8 Å². The van der Waals surface area contributed by atoms with Crippen LogP contribution in [0.5, 0.6) is 0 Å². The van der Waals surface area contributed by atoms with E-state index in [1.807, 2.05) is 0 Å². The van der Waals surface area contributed by atoms with Gasteiger partial charge in [-0.2, -0.15) is 0 Å². The molecule has 12 aromatic rings. The van der Waals surface area contributed by atoms with Gasteiger partial charge in [-0.25, -0.2) is 4.98 Å². The van der Waals surface area contributed by atoms with E-state index in [4.69, 9.17) is 4.98 Å². The van der Waals surface area contributed by atoms with E-state index < -0.39 is 0 Å². The smallest absolute Gasteiger partial charge is 0.145 e. The molecule has 270 valence electrons. The predicted molar refractivity (Wildman–Crippen MR) is 244 cm³/mol. The van der Waals surface area contributed by atoms with Gasteiger partial charge in [0.1, 0.15) is 5.82 Å². The first-order valence-electron chi connectivity index (χ1n) is 19.9. The Morgan fingerprint density at radius 3 is 1.67 bits per heavy atom. The molecule has 0 atom stereocenters. The Balaban J connectivity index is 1.19. The van der Waals surface area contributed by atoms with Crippen molar-refractivity contribution in [2.75, 3.05) is 0 Å². The first-order valence-corrected chi connectivity index (χ1v) is 19.9. The highest BCUT2D eigenvalue weighted by molar-refractivity contribution is 6.29. The van der Waals surface area contributed by atoms with Crippen LogP contribution in [0.4, 0.5) is 0 Å². The van der Waals surface area contributed by atoms with E-state index >= 15 is 0 Å². The highest BCUT2D eigenvalue weighted by atomic mass is 15.1. The third kappa shape index (κ3) is 4.90. The van der Waals surface area contributed by atoms with E-state index in [0.717, 1.165) is 44.9 Å². The number of hydrogen-bond acceptors (Lipinski definition) is 1. The number of hydrogen-bond donors (Lipinski definition) is 0. The van der Waals surface area contributed by atoms with E-state index in [-0.39, 0.29) is 0 Å². The van der Waals surface area contributed by atoms with Gasteiger partial charge in [-0.05, 0) is 104 Å². The zero-order chi connectivity index (χ0) is 38.2. The van der Waals surface area contributed by atoms with Crippen LogP contribution in [0.3, 0.4) is 0 Å². The van der Waals surface area contributed by atoms with Crippen molar-refractivity contribution >= 4 is 65.2 Å². The fraction of sp³-hybridized carbons (Fsp3) is 0. The van der Waals surface area contributed by atoms with E-state index in [9.17, 15) is 0 Å². The minimum absolute atomic E-state index is 0.919. The van der Waals surface area contributed by atoms with Crippen molar-refractivity contribution in [2.24, 2.45) is 0 Å². The summed E-state index contributed by atoms with van der Waals surface area (Å²) < 4.78 is 4.80. The topological polar surface area (TPSA) is 22.8 Å². The van der Waals surface area contributed by atoms with Crippen LogP contribution in [0.15, 0.2) is 212 Å². The summed E-state index contributed by atoms with van der Waals surface area (Å²) in [5, 5.41) is 9.97. The molecule has 0 unspecified atom stereocenters. The van der Waals surface area contributed by atoms with Gasteiger partial charge in [-0.15, -0.1) is 0 Å². The fourth-order valence-electron chi connectivity index (χ4n) is 9.39. The van der Waals surface area contributed by atoms with Crippen LogP contribution in [0.25, 0.3) is 110 Å². The summed E-state index contributed by atoms with van der Waals surface area (Å²) in [4.78, 5) is 5.24. The number of imidazole rings is 1. The maximum atomic E-state index is 5.24. The van der Waals surface area contributed by atoms with Crippen LogP contribution >= 0.6 is 0 Å². The Morgan fingerprint density at radius 2 is 0.879 bits per heavy atom. The molecule has 0 saturated carbocycles. The monoisotopic (exact) mass is 737 g/mol. The molecule has 0 aliphatic rings. The summed E-state index contributed by atoms with van der Waals surface area (Å²) in [5.41, 5.74) is 12.5. The summed E-state index contributed by atoms with van der Waals surface area (Å²) in [7, 11) is 0. The molecule has 12 rings (SSSR count). The van der Waals surface area contributed by atoms with Gasteiger partial charge in [-0.3, -0.25) is 4.57 Å². The summed E-state index contributed by atoms with van der Waals surface area (Å²) >= 11 is 0. The van der Waals surface area contributed by atoms with Crippen molar-refractivity contribution in [2.45, 2.75) is 0 Å². The molecule has 2 aromatic heterocycles.